The Labute approximate surface area is 124 Å². The molecule has 1 aliphatic rings. The molecule has 0 aliphatic heterocycles. The van der Waals surface area contributed by atoms with Gasteiger partial charge in [0.05, 0.1) is 12.2 Å². The minimum absolute atomic E-state index is 0.338. The molecule has 2 aromatic rings. The molecule has 2 aromatic heterocycles. The van der Waals surface area contributed by atoms with Crippen LogP contribution in [0.4, 0.5) is 5.82 Å². The van der Waals surface area contributed by atoms with Crippen LogP contribution in [0, 0.1) is 13.8 Å². The molecule has 0 atom stereocenters. The predicted molar refractivity (Wildman–Crippen MR) is 82.2 cm³/mol. The molecule has 1 saturated carbocycles. The Hall–Kier alpha value is -1.95. The van der Waals surface area contributed by atoms with E-state index in [1.165, 1.54) is 0 Å². The van der Waals surface area contributed by atoms with Crippen molar-refractivity contribution in [1.29, 1.82) is 0 Å². The standard InChI is InChI=1S/C15H22N6/c1-10-3-5-21(20-10)6-4-17-15-9-14(18-11(2)19-15)12-7-13(16)8-12/h3,5,9,12-13H,4,6-8,16H2,1-2H3,(H,17,18,19). The second kappa shape index (κ2) is 5.81. The second-order valence-electron chi connectivity index (χ2n) is 5.80. The summed E-state index contributed by atoms with van der Waals surface area (Å²) >= 11 is 0. The maximum absolute atomic E-state index is 5.86. The van der Waals surface area contributed by atoms with Crippen molar-refractivity contribution in [2.24, 2.45) is 5.73 Å². The van der Waals surface area contributed by atoms with E-state index in [0.29, 0.717) is 12.0 Å². The summed E-state index contributed by atoms with van der Waals surface area (Å²) in [6.45, 7) is 5.54. The van der Waals surface area contributed by atoms with Crippen molar-refractivity contribution >= 4 is 5.82 Å². The number of hydrogen-bond acceptors (Lipinski definition) is 5. The third-order valence-corrected chi connectivity index (χ3v) is 3.87. The quantitative estimate of drug-likeness (QED) is 0.872. The molecule has 0 unspecified atom stereocenters. The van der Waals surface area contributed by atoms with Crippen molar-refractivity contribution in [2.45, 2.75) is 45.2 Å². The highest BCUT2D eigenvalue weighted by atomic mass is 15.3. The Morgan fingerprint density at radius 3 is 2.81 bits per heavy atom. The minimum Gasteiger partial charge on any atom is -0.368 e. The molecule has 6 heteroatoms. The van der Waals surface area contributed by atoms with Gasteiger partial charge in [-0.25, -0.2) is 9.97 Å². The van der Waals surface area contributed by atoms with Gasteiger partial charge in [0, 0.05) is 36.5 Å². The number of rotatable bonds is 5. The Balaban J connectivity index is 1.59. The highest BCUT2D eigenvalue weighted by Crippen LogP contribution is 2.35. The smallest absolute Gasteiger partial charge is 0.129 e. The number of anilines is 1. The maximum Gasteiger partial charge on any atom is 0.129 e. The average Bonchev–Trinajstić information content (AvgIpc) is 2.80. The molecule has 0 bridgehead atoms. The third kappa shape index (κ3) is 3.39. The van der Waals surface area contributed by atoms with Gasteiger partial charge in [0.2, 0.25) is 0 Å². The molecule has 6 nitrogen and oxygen atoms in total. The lowest BCUT2D eigenvalue weighted by molar-refractivity contribution is 0.344. The van der Waals surface area contributed by atoms with Crippen molar-refractivity contribution in [3.8, 4) is 0 Å². The molecular formula is C15H22N6. The third-order valence-electron chi connectivity index (χ3n) is 3.87. The van der Waals surface area contributed by atoms with Crippen LogP contribution in [0.1, 0.15) is 36.0 Å². The van der Waals surface area contributed by atoms with Crippen molar-refractivity contribution in [3.63, 3.8) is 0 Å². The Bertz CT molecular complexity index is 614. The Morgan fingerprint density at radius 2 is 2.14 bits per heavy atom. The van der Waals surface area contributed by atoms with E-state index in [0.717, 1.165) is 49.0 Å². The Morgan fingerprint density at radius 1 is 1.33 bits per heavy atom. The van der Waals surface area contributed by atoms with Gasteiger partial charge in [-0.15, -0.1) is 0 Å². The number of nitrogens with one attached hydrogen (secondary N) is 1. The molecule has 0 radical (unpaired) electrons. The lowest BCUT2D eigenvalue weighted by Gasteiger charge is -2.32. The fraction of sp³-hybridized carbons (Fsp3) is 0.533. The monoisotopic (exact) mass is 286 g/mol. The zero-order chi connectivity index (χ0) is 14.8. The highest BCUT2D eigenvalue weighted by molar-refractivity contribution is 5.37. The lowest BCUT2D eigenvalue weighted by Crippen LogP contribution is -2.35. The van der Waals surface area contributed by atoms with Crippen molar-refractivity contribution < 1.29 is 0 Å². The number of hydrogen-bond donors (Lipinski definition) is 2. The van der Waals surface area contributed by atoms with E-state index in [9.17, 15) is 0 Å². The van der Waals surface area contributed by atoms with Gasteiger partial charge in [0.25, 0.3) is 0 Å². The van der Waals surface area contributed by atoms with Crippen LogP contribution in [-0.2, 0) is 6.54 Å². The van der Waals surface area contributed by atoms with E-state index in [1.54, 1.807) is 0 Å². The van der Waals surface area contributed by atoms with Crippen LogP contribution >= 0.6 is 0 Å². The van der Waals surface area contributed by atoms with E-state index >= 15 is 0 Å². The van der Waals surface area contributed by atoms with E-state index in [1.807, 2.05) is 30.8 Å². The first kappa shape index (κ1) is 14.0. The van der Waals surface area contributed by atoms with Crippen molar-refractivity contribution in [2.75, 3.05) is 11.9 Å². The highest BCUT2D eigenvalue weighted by Gasteiger charge is 2.28. The molecule has 0 spiro atoms. The second-order valence-corrected chi connectivity index (χ2v) is 5.80. The van der Waals surface area contributed by atoms with Gasteiger partial charge in [-0.05, 0) is 32.8 Å². The zero-order valence-corrected chi connectivity index (χ0v) is 12.6. The fourth-order valence-corrected chi connectivity index (χ4v) is 2.68. The normalized spacial score (nSPS) is 21.1. The summed E-state index contributed by atoms with van der Waals surface area (Å²) in [6.07, 6.45) is 4.05. The molecule has 3 N–H and O–H groups in total. The first-order valence-electron chi connectivity index (χ1n) is 7.45. The van der Waals surface area contributed by atoms with Crippen LogP contribution < -0.4 is 11.1 Å². The molecule has 3 rings (SSSR count). The van der Waals surface area contributed by atoms with Crippen LogP contribution in [0.3, 0.4) is 0 Å². The van der Waals surface area contributed by atoms with Gasteiger partial charge in [-0.3, -0.25) is 4.68 Å². The molecule has 1 fully saturated rings. The molecule has 0 aromatic carbocycles. The van der Waals surface area contributed by atoms with Crippen molar-refractivity contribution in [3.05, 3.63) is 35.5 Å². The number of aromatic nitrogens is 4. The zero-order valence-electron chi connectivity index (χ0n) is 12.6. The van der Waals surface area contributed by atoms with Gasteiger partial charge in [0.15, 0.2) is 0 Å². The number of nitrogens with zero attached hydrogens (tertiary/aromatic N) is 4. The van der Waals surface area contributed by atoms with Gasteiger partial charge in [-0.2, -0.15) is 5.10 Å². The molecule has 2 heterocycles. The van der Waals surface area contributed by atoms with E-state index in [4.69, 9.17) is 5.73 Å². The van der Waals surface area contributed by atoms with Crippen LogP contribution in [0.2, 0.25) is 0 Å². The summed E-state index contributed by atoms with van der Waals surface area (Å²) in [7, 11) is 0. The summed E-state index contributed by atoms with van der Waals surface area (Å²) in [6, 6.07) is 4.40. The van der Waals surface area contributed by atoms with E-state index in [-0.39, 0.29) is 0 Å². The van der Waals surface area contributed by atoms with E-state index < -0.39 is 0 Å². The predicted octanol–water partition coefficient (Wildman–Crippen LogP) is 1.61. The van der Waals surface area contributed by atoms with Crippen LogP contribution in [0.5, 0.6) is 0 Å². The summed E-state index contributed by atoms with van der Waals surface area (Å²) in [5.74, 6) is 2.20. The van der Waals surface area contributed by atoms with Crippen LogP contribution in [-0.4, -0.2) is 32.3 Å². The SMILES string of the molecule is Cc1ccn(CCNc2cc(C3CC(N)C3)nc(C)n2)n1. The first-order chi connectivity index (χ1) is 10.1. The first-order valence-corrected chi connectivity index (χ1v) is 7.45. The summed E-state index contributed by atoms with van der Waals surface area (Å²) in [5.41, 5.74) is 8.01. The topological polar surface area (TPSA) is 81.7 Å². The summed E-state index contributed by atoms with van der Waals surface area (Å²) in [5, 5.41) is 7.72. The fourth-order valence-electron chi connectivity index (χ4n) is 2.68. The maximum atomic E-state index is 5.86. The lowest BCUT2D eigenvalue weighted by atomic mass is 9.78. The van der Waals surface area contributed by atoms with Gasteiger partial charge in [-0.1, -0.05) is 0 Å². The molecular weight excluding hydrogens is 264 g/mol. The molecule has 21 heavy (non-hydrogen) atoms. The van der Waals surface area contributed by atoms with Crippen LogP contribution in [0.15, 0.2) is 18.3 Å². The summed E-state index contributed by atoms with van der Waals surface area (Å²) < 4.78 is 1.93. The van der Waals surface area contributed by atoms with Crippen LogP contribution in [0.25, 0.3) is 0 Å². The minimum atomic E-state index is 0.338. The Kier molecular flexibility index (Phi) is 3.88. The summed E-state index contributed by atoms with van der Waals surface area (Å²) in [4.78, 5) is 8.98. The molecule has 0 amide bonds. The molecule has 112 valence electrons. The number of aryl methyl sites for hydroxylation is 2. The molecule has 1 aliphatic carbocycles. The van der Waals surface area contributed by atoms with Gasteiger partial charge in [0.1, 0.15) is 11.6 Å². The average molecular weight is 286 g/mol. The largest absolute Gasteiger partial charge is 0.368 e. The number of nitrogens with two attached hydrogens (primary N) is 1. The van der Waals surface area contributed by atoms with Gasteiger partial charge < -0.3 is 11.1 Å². The van der Waals surface area contributed by atoms with E-state index in [2.05, 4.69) is 26.4 Å². The van der Waals surface area contributed by atoms with Gasteiger partial charge >= 0.3 is 0 Å². The molecule has 0 saturated heterocycles. The van der Waals surface area contributed by atoms with Crippen molar-refractivity contribution in [1.82, 2.24) is 19.7 Å².